The zero-order chi connectivity index (χ0) is 19.4. The number of anilines is 1. The van der Waals surface area contributed by atoms with Crippen molar-refractivity contribution in [2.24, 2.45) is 0 Å². The van der Waals surface area contributed by atoms with Gasteiger partial charge in [-0.3, -0.25) is 9.59 Å². The number of para-hydroxylation sites is 2. The van der Waals surface area contributed by atoms with E-state index < -0.39 is 23.7 Å². The first-order valence-corrected chi connectivity index (χ1v) is 8.67. The van der Waals surface area contributed by atoms with Crippen molar-refractivity contribution in [2.45, 2.75) is 0 Å². The number of carbonyl (C=O) groups excluding carboxylic acids is 2. The molecule has 1 N–H and O–H groups in total. The van der Waals surface area contributed by atoms with Gasteiger partial charge in [0, 0.05) is 0 Å². The molecule has 2 aromatic carbocycles. The SMILES string of the molecule is COc1ccccc1N1C(=O)S/C(=C\c2ccc(OCC(=O)O)cc2)C1=O. The van der Waals surface area contributed by atoms with E-state index >= 15 is 0 Å². The molecular formula is C19H15NO6S. The minimum Gasteiger partial charge on any atom is -0.495 e. The van der Waals surface area contributed by atoms with Crippen LogP contribution >= 0.6 is 11.8 Å². The van der Waals surface area contributed by atoms with Crippen LogP contribution in [0, 0.1) is 0 Å². The Bertz CT molecular complexity index is 922. The second-order valence-electron chi connectivity index (χ2n) is 5.44. The molecule has 1 aliphatic heterocycles. The van der Waals surface area contributed by atoms with Crippen LogP contribution in [-0.4, -0.2) is 35.9 Å². The summed E-state index contributed by atoms with van der Waals surface area (Å²) in [5.41, 5.74) is 1.08. The van der Waals surface area contributed by atoms with Crippen LogP contribution in [0.25, 0.3) is 6.08 Å². The number of aliphatic carboxylic acids is 1. The Kier molecular flexibility index (Phi) is 5.46. The van der Waals surface area contributed by atoms with Crippen LogP contribution in [0.2, 0.25) is 0 Å². The maximum Gasteiger partial charge on any atom is 0.341 e. The molecular weight excluding hydrogens is 370 g/mol. The Morgan fingerprint density at radius 2 is 1.85 bits per heavy atom. The van der Waals surface area contributed by atoms with Crippen molar-refractivity contribution in [1.82, 2.24) is 0 Å². The molecule has 1 aliphatic rings. The first-order chi connectivity index (χ1) is 13.0. The van der Waals surface area contributed by atoms with Crippen LogP contribution < -0.4 is 14.4 Å². The second-order valence-corrected chi connectivity index (χ2v) is 6.43. The third-order valence-corrected chi connectivity index (χ3v) is 4.53. The van der Waals surface area contributed by atoms with Gasteiger partial charge in [-0.2, -0.15) is 0 Å². The summed E-state index contributed by atoms with van der Waals surface area (Å²) in [6.07, 6.45) is 1.60. The molecule has 2 aromatic rings. The molecule has 1 heterocycles. The van der Waals surface area contributed by atoms with Gasteiger partial charge in [-0.05, 0) is 47.7 Å². The van der Waals surface area contributed by atoms with E-state index in [-0.39, 0.29) is 4.91 Å². The topological polar surface area (TPSA) is 93.1 Å². The lowest BCUT2D eigenvalue weighted by Gasteiger charge is -2.15. The van der Waals surface area contributed by atoms with Crippen molar-refractivity contribution in [2.75, 3.05) is 18.6 Å². The molecule has 2 amide bonds. The summed E-state index contributed by atoms with van der Waals surface area (Å²) in [6.45, 7) is -0.433. The van der Waals surface area contributed by atoms with Gasteiger partial charge >= 0.3 is 5.97 Å². The molecule has 1 fully saturated rings. The zero-order valence-electron chi connectivity index (χ0n) is 14.2. The molecule has 8 heteroatoms. The van der Waals surface area contributed by atoms with Crippen molar-refractivity contribution in [1.29, 1.82) is 0 Å². The van der Waals surface area contributed by atoms with Crippen molar-refractivity contribution in [3.8, 4) is 11.5 Å². The summed E-state index contributed by atoms with van der Waals surface area (Å²) in [7, 11) is 1.47. The van der Waals surface area contributed by atoms with Gasteiger partial charge < -0.3 is 14.6 Å². The zero-order valence-corrected chi connectivity index (χ0v) is 15.1. The molecule has 7 nitrogen and oxygen atoms in total. The molecule has 1 saturated heterocycles. The average molecular weight is 385 g/mol. The Morgan fingerprint density at radius 3 is 2.52 bits per heavy atom. The molecule has 0 saturated carbocycles. The van der Waals surface area contributed by atoms with Gasteiger partial charge in [0.25, 0.3) is 11.1 Å². The summed E-state index contributed by atoms with van der Waals surface area (Å²) in [5.74, 6) is -0.664. The maximum absolute atomic E-state index is 12.7. The molecule has 3 rings (SSSR count). The monoisotopic (exact) mass is 385 g/mol. The molecule has 0 spiro atoms. The number of ether oxygens (including phenoxy) is 2. The van der Waals surface area contributed by atoms with Crippen LogP contribution in [0.3, 0.4) is 0 Å². The number of hydrogen-bond donors (Lipinski definition) is 1. The van der Waals surface area contributed by atoms with Gasteiger partial charge in [0.2, 0.25) is 0 Å². The van der Waals surface area contributed by atoms with Crippen molar-refractivity contribution >= 4 is 40.6 Å². The van der Waals surface area contributed by atoms with Gasteiger partial charge in [0.05, 0.1) is 17.7 Å². The van der Waals surface area contributed by atoms with Gasteiger partial charge in [0.15, 0.2) is 6.61 Å². The lowest BCUT2D eigenvalue weighted by Crippen LogP contribution is -2.28. The Morgan fingerprint density at radius 1 is 1.15 bits per heavy atom. The summed E-state index contributed by atoms with van der Waals surface area (Å²) >= 11 is 0.843. The van der Waals surface area contributed by atoms with E-state index in [9.17, 15) is 14.4 Å². The van der Waals surface area contributed by atoms with E-state index in [1.807, 2.05) is 0 Å². The number of thioether (sulfide) groups is 1. The molecule has 0 atom stereocenters. The van der Waals surface area contributed by atoms with E-state index in [1.165, 1.54) is 7.11 Å². The lowest BCUT2D eigenvalue weighted by molar-refractivity contribution is -0.139. The summed E-state index contributed by atoms with van der Waals surface area (Å²) in [6, 6.07) is 13.3. The first-order valence-electron chi connectivity index (χ1n) is 7.85. The van der Waals surface area contributed by atoms with Crippen molar-refractivity contribution in [3.05, 3.63) is 59.0 Å². The molecule has 27 heavy (non-hydrogen) atoms. The quantitative estimate of drug-likeness (QED) is 0.762. The molecule has 0 radical (unpaired) electrons. The largest absolute Gasteiger partial charge is 0.495 e. The number of carboxylic acid groups (broad SMARTS) is 1. The number of methoxy groups -OCH3 is 1. The maximum atomic E-state index is 12.7. The lowest BCUT2D eigenvalue weighted by atomic mass is 10.2. The Balaban J connectivity index is 1.81. The fourth-order valence-corrected chi connectivity index (χ4v) is 3.28. The van der Waals surface area contributed by atoms with E-state index in [1.54, 1.807) is 54.6 Å². The van der Waals surface area contributed by atoms with Crippen LogP contribution in [0.1, 0.15) is 5.56 Å². The predicted octanol–water partition coefficient (Wildman–Crippen LogP) is 3.40. The van der Waals surface area contributed by atoms with Gasteiger partial charge in [-0.15, -0.1) is 0 Å². The van der Waals surface area contributed by atoms with Gasteiger partial charge in [-0.25, -0.2) is 9.69 Å². The summed E-state index contributed by atoms with van der Waals surface area (Å²) in [5, 5.41) is 8.20. The number of hydrogen-bond acceptors (Lipinski definition) is 6. The molecule has 0 aliphatic carbocycles. The third kappa shape index (κ3) is 4.12. The highest BCUT2D eigenvalue weighted by Gasteiger charge is 2.37. The highest BCUT2D eigenvalue weighted by molar-refractivity contribution is 8.19. The number of carboxylic acids is 1. The van der Waals surface area contributed by atoms with Gasteiger partial charge in [0.1, 0.15) is 11.5 Å². The average Bonchev–Trinajstić information content (AvgIpc) is 2.94. The highest BCUT2D eigenvalue weighted by Crippen LogP contribution is 2.39. The fraction of sp³-hybridized carbons (Fsp3) is 0.105. The Labute approximate surface area is 159 Å². The Hall–Kier alpha value is -3.26. The minimum absolute atomic E-state index is 0.283. The molecule has 0 aromatic heterocycles. The van der Waals surface area contributed by atoms with Crippen molar-refractivity contribution in [3.63, 3.8) is 0 Å². The van der Waals surface area contributed by atoms with E-state index in [2.05, 4.69) is 0 Å². The number of imide groups is 1. The number of nitrogens with zero attached hydrogens (tertiary/aromatic N) is 1. The summed E-state index contributed by atoms with van der Waals surface area (Å²) in [4.78, 5) is 36.9. The highest BCUT2D eigenvalue weighted by atomic mass is 32.2. The van der Waals surface area contributed by atoms with Crippen LogP contribution in [0.15, 0.2) is 53.4 Å². The molecule has 0 unspecified atom stereocenters. The minimum atomic E-state index is -1.07. The summed E-state index contributed by atoms with van der Waals surface area (Å²) < 4.78 is 10.3. The smallest absolute Gasteiger partial charge is 0.341 e. The normalized spacial score (nSPS) is 15.3. The first kappa shape index (κ1) is 18.5. The number of rotatable bonds is 6. The fourth-order valence-electron chi connectivity index (χ4n) is 2.45. The molecule has 138 valence electrons. The van der Waals surface area contributed by atoms with Crippen LogP contribution in [-0.2, 0) is 9.59 Å². The van der Waals surface area contributed by atoms with Crippen LogP contribution in [0.5, 0.6) is 11.5 Å². The third-order valence-electron chi connectivity index (χ3n) is 3.66. The molecule has 0 bridgehead atoms. The number of carbonyl (C=O) groups is 3. The second kappa shape index (κ2) is 7.96. The van der Waals surface area contributed by atoms with E-state index in [0.29, 0.717) is 22.7 Å². The van der Waals surface area contributed by atoms with Gasteiger partial charge in [-0.1, -0.05) is 24.3 Å². The van der Waals surface area contributed by atoms with Crippen LogP contribution in [0.4, 0.5) is 10.5 Å². The van der Waals surface area contributed by atoms with E-state index in [4.69, 9.17) is 14.6 Å². The van der Waals surface area contributed by atoms with Crippen molar-refractivity contribution < 1.29 is 29.0 Å². The predicted molar refractivity (Wildman–Crippen MR) is 101 cm³/mol. The van der Waals surface area contributed by atoms with E-state index in [0.717, 1.165) is 16.7 Å². The number of benzene rings is 2. The standard InChI is InChI=1S/C19H15NO6S/c1-25-15-5-3-2-4-14(15)20-18(23)16(27-19(20)24)10-12-6-8-13(9-7-12)26-11-17(21)22/h2-10H,11H2,1H3,(H,21,22)/b16-10-. The number of amides is 2.